The summed E-state index contributed by atoms with van der Waals surface area (Å²) in [7, 11) is 1.53. The summed E-state index contributed by atoms with van der Waals surface area (Å²) in [5.74, 6) is 0.457. The molecule has 1 amide bonds. The predicted octanol–water partition coefficient (Wildman–Crippen LogP) is 2.93. The van der Waals surface area contributed by atoms with Crippen molar-refractivity contribution in [2.45, 2.75) is 26.9 Å². The van der Waals surface area contributed by atoms with Crippen LogP contribution in [-0.2, 0) is 11.3 Å². The summed E-state index contributed by atoms with van der Waals surface area (Å²) < 4.78 is 31.8. The normalized spacial score (nSPS) is 10.9. The van der Waals surface area contributed by atoms with Crippen molar-refractivity contribution < 1.29 is 18.3 Å². The Morgan fingerprint density at radius 1 is 1.39 bits per heavy atom. The summed E-state index contributed by atoms with van der Waals surface area (Å²) in [5, 5.41) is 0. The van der Waals surface area contributed by atoms with E-state index >= 15 is 0 Å². The van der Waals surface area contributed by atoms with Crippen LogP contribution in [-0.4, -0.2) is 34.0 Å². The molecule has 2 aromatic rings. The average Bonchev–Trinajstić information content (AvgIpc) is 2.96. The molecular weight excluding hydrogens is 304 g/mol. The molecule has 1 aromatic heterocycles. The number of carbonyl (C=O) groups excluding carboxylic acids is 1. The summed E-state index contributed by atoms with van der Waals surface area (Å²) in [6, 6.07) is 5.73. The van der Waals surface area contributed by atoms with Crippen molar-refractivity contribution in [1.29, 1.82) is 0 Å². The van der Waals surface area contributed by atoms with Gasteiger partial charge in [-0.05, 0) is 31.0 Å². The molecule has 0 aliphatic rings. The van der Waals surface area contributed by atoms with Crippen molar-refractivity contribution in [1.82, 2.24) is 14.5 Å². The SMILES string of the molecule is Cc1ccc(C)c(OCC(=O)N(C)Cc2nccn2C(F)F)c1. The third kappa shape index (κ3) is 4.28. The molecule has 1 aromatic carbocycles. The highest BCUT2D eigenvalue weighted by Gasteiger charge is 2.16. The molecule has 2 rings (SSSR count). The number of alkyl halides is 2. The molecule has 0 atom stereocenters. The Morgan fingerprint density at radius 3 is 2.83 bits per heavy atom. The Labute approximate surface area is 133 Å². The van der Waals surface area contributed by atoms with Gasteiger partial charge in [-0.2, -0.15) is 8.78 Å². The maximum atomic E-state index is 12.8. The molecule has 5 nitrogen and oxygen atoms in total. The number of rotatable bonds is 6. The van der Waals surface area contributed by atoms with Crippen LogP contribution in [0.4, 0.5) is 8.78 Å². The minimum Gasteiger partial charge on any atom is -0.483 e. The van der Waals surface area contributed by atoms with E-state index in [2.05, 4.69) is 4.98 Å². The Hall–Kier alpha value is -2.44. The van der Waals surface area contributed by atoms with Gasteiger partial charge in [-0.3, -0.25) is 9.36 Å². The minimum atomic E-state index is -2.68. The van der Waals surface area contributed by atoms with Gasteiger partial charge in [0.15, 0.2) is 6.61 Å². The van der Waals surface area contributed by atoms with Gasteiger partial charge in [0, 0.05) is 19.4 Å². The van der Waals surface area contributed by atoms with Crippen LogP contribution >= 0.6 is 0 Å². The van der Waals surface area contributed by atoms with Crippen molar-refractivity contribution in [3.8, 4) is 5.75 Å². The lowest BCUT2D eigenvalue weighted by atomic mass is 10.1. The zero-order chi connectivity index (χ0) is 17.0. The highest BCUT2D eigenvalue weighted by molar-refractivity contribution is 5.77. The molecule has 0 saturated heterocycles. The molecule has 0 unspecified atom stereocenters. The lowest BCUT2D eigenvalue weighted by molar-refractivity contribution is -0.132. The monoisotopic (exact) mass is 323 g/mol. The summed E-state index contributed by atoms with van der Waals surface area (Å²) in [6.07, 6.45) is 2.47. The Morgan fingerprint density at radius 2 is 2.13 bits per heavy atom. The summed E-state index contributed by atoms with van der Waals surface area (Å²) >= 11 is 0. The Balaban J connectivity index is 1.95. The van der Waals surface area contributed by atoms with Crippen LogP contribution in [0.1, 0.15) is 23.5 Å². The van der Waals surface area contributed by atoms with E-state index in [1.807, 2.05) is 32.0 Å². The molecular formula is C16H19F2N3O2. The van der Waals surface area contributed by atoms with E-state index in [0.29, 0.717) is 5.75 Å². The number of aromatic nitrogens is 2. The fraction of sp³-hybridized carbons (Fsp3) is 0.375. The van der Waals surface area contributed by atoms with Crippen molar-refractivity contribution in [3.63, 3.8) is 0 Å². The standard InChI is InChI=1S/C16H19F2N3O2/c1-11-4-5-12(2)13(8-11)23-10-15(22)20(3)9-14-19-6-7-21(14)16(17)18/h4-8,16H,9-10H2,1-3H3. The summed E-state index contributed by atoms with van der Waals surface area (Å²) in [5.41, 5.74) is 1.96. The van der Waals surface area contributed by atoms with E-state index in [1.54, 1.807) is 0 Å². The zero-order valence-corrected chi connectivity index (χ0v) is 13.3. The molecule has 0 aliphatic carbocycles. The molecule has 7 heteroatoms. The number of likely N-dealkylation sites (N-methyl/N-ethyl adjacent to an activating group) is 1. The number of halogens is 2. The van der Waals surface area contributed by atoms with Crippen LogP contribution < -0.4 is 4.74 Å². The highest BCUT2D eigenvalue weighted by Crippen LogP contribution is 2.19. The van der Waals surface area contributed by atoms with Crippen LogP contribution in [0, 0.1) is 13.8 Å². The van der Waals surface area contributed by atoms with Crippen molar-refractivity contribution in [3.05, 3.63) is 47.5 Å². The number of hydrogen-bond acceptors (Lipinski definition) is 3. The second kappa shape index (κ2) is 7.21. The number of amides is 1. The van der Waals surface area contributed by atoms with E-state index < -0.39 is 6.55 Å². The number of imidazole rings is 1. The number of ether oxygens (including phenoxy) is 1. The third-order valence-corrected chi connectivity index (χ3v) is 3.46. The highest BCUT2D eigenvalue weighted by atomic mass is 19.3. The molecule has 0 N–H and O–H groups in total. The van der Waals surface area contributed by atoms with Gasteiger partial charge >= 0.3 is 6.55 Å². The molecule has 1 heterocycles. The van der Waals surface area contributed by atoms with Crippen LogP contribution in [0.25, 0.3) is 0 Å². The first-order valence-electron chi connectivity index (χ1n) is 7.12. The molecule has 124 valence electrons. The summed E-state index contributed by atoms with van der Waals surface area (Å²) in [6.45, 7) is 0.984. The van der Waals surface area contributed by atoms with Crippen molar-refractivity contribution >= 4 is 5.91 Å². The summed E-state index contributed by atoms with van der Waals surface area (Å²) in [4.78, 5) is 17.3. The lowest BCUT2D eigenvalue weighted by Gasteiger charge is -2.18. The molecule has 0 spiro atoms. The van der Waals surface area contributed by atoms with E-state index in [1.165, 1.54) is 24.3 Å². The van der Waals surface area contributed by atoms with Crippen LogP contribution in [0.15, 0.2) is 30.6 Å². The van der Waals surface area contributed by atoms with Crippen molar-refractivity contribution in [2.24, 2.45) is 0 Å². The topological polar surface area (TPSA) is 47.4 Å². The molecule has 0 bridgehead atoms. The molecule has 0 fully saturated rings. The first kappa shape index (κ1) is 16.9. The average molecular weight is 323 g/mol. The second-order valence-electron chi connectivity index (χ2n) is 5.34. The predicted molar refractivity (Wildman–Crippen MR) is 81.4 cm³/mol. The fourth-order valence-electron chi connectivity index (χ4n) is 2.06. The van der Waals surface area contributed by atoms with Gasteiger partial charge < -0.3 is 9.64 Å². The van der Waals surface area contributed by atoms with E-state index in [-0.39, 0.29) is 24.9 Å². The Bertz CT molecular complexity index is 686. The lowest BCUT2D eigenvalue weighted by Crippen LogP contribution is -2.32. The van der Waals surface area contributed by atoms with E-state index in [9.17, 15) is 13.6 Å². The van der Waals surface area contributed by atoms with Gasteiger partial charge in [0.25, 0.3) is 5.91 Å². The quantitative estimate of drug-likeness (QED) is 0.821. The Kier molecular flexibility index (Phi) is 5.31. The second-order valence-corrected chi connectivity index (χ2v) is 5.34. The van der Waals surface area contributed by atoms with Gasteiger partial charge in [0.05, 0.1) is 6.54 Å². The number of aryl methyl sites for hydroxylation is 2. The van der Waals surface area contributed by atoms with Crippen LogP contribution in [0.3, 0.4) is 0 Å². The van der Waals surface area contributed by atoms with Gasteiger partial charge in [0.1, 0.15) is 11.6 Å². The first-order chi connectivity index (χ1) is 10.9. The van der Waals surface area contributed by atoms with Crippen LogP contribution in [0.5, 0.6) is 5.75 Å². The molecule has 0 saturated carbocycles. The van der Waals surface area contributed by atoms with Gasteiger partial charge in [0.2, 0.25) is 0 Å². The molecule has 0 radical (unpaired) electrons. The maximum Gasteiger partial charge on any atom is 0.319 e. The van der Waals surface area contributed by atoms with E-state index in [4.69, 9.17) is 4.74 Å². The maximum absolute atomic E-state index is 12.8. The van der Waals surface area contributed by atoms with Crippen molar-refractivity contribution in [2.75, 3.05) is 13.7 Å². The first-order valence-corrected chi connectivity index (χ1v) is 7.12. The van der Waals surface area contributed by atoms with Gasteiger partial charge in [-0.1, -0.05) is 12.1 Å². The zero-order valence-electron chi connectivity index (χ0n) is 13.3. The minimum absolute atomic E-state index is 0.00761. The van der Waals surface area contributed by atoms with Crippen LogP contribution in [0.2, 0.25) is 0 Å². The molecule has 0 aliphatic heterocycles. The fourth-order valence-corrected chi connectivity index (χ4v) is 2.06. The number of benzene rings is 1. The van der Waals surface area contributed by atoms with Gasteiger partial charge in [-0.25, -0.2) is 4.98 Å². The van der Waals surface area contributed by atoms with E-state index in [0.717, 1.165) is 15.7 Å². The smallest absolute Gasteiger partial charge is 0.319 e. The van der Waals surface area contributed by atoms with Gasteiger partial charge in [-0.15, -0.1) is 0 Å². The number of carbonyl (C=O) groups is 1. The molecule has 23 heavy (non-hydrogen) atoms. The third-order valence-electron chi connectivity index (χ3n) is 3.46. The largest absolute Gasteiger partial charge is 0.483 e. The number of nitrogens with zero attached hydrogens (tertiary/aromatic N) is 3. The number of hydrogen-bond donors (Lipinski definition) is 0.